The van der Waals surface area contributed by atoms with E-state index < -0.39 is 0 Å². The van der Waals surface area contributed by atoms with Crippen molar-refractivity contribution in [1.29, 1.82) is 0 Å². The number of halogens is 1. The fourth-order valence-electron chi connectivity index (χ4n) is 2.75. The lowest BCUT2D eigenvalue weighted by Gasteiger charge is -2.13. The van der Waals surface area contributed by atoms with Gasteiger partial charge in [-0.2, -0.15) is 5.10 Å². The summed E-state index contributed by atoms with van der Waals surface area (Å²) in [6.07, 6.45) is 1.49. The molecule has 0 heterocycles. The molecule has 0 saturated heterocycles. The van der Waals surface area contributed by atoms with Crippen molar-refractivity contribution in [1.82, 2.24) is 5.43 Å². The first-order valence-corrected chi connectivity index (χ1v) is 10.5. The van der Waals surface area contributed by atoms with Crippen molar-refractivity contribution in [3.63, 3.8) is 0 Å². The Hall–Kier alpha value is -3.65. The van der Waals surface area contributed by atoms with Gasteiger partial charge in [-0.05, 0) is 64.8 Å². The van der Waals surface area contributed by atoms with Gasteiger partial charge in [-0.3, -0.25) is 9.59 Å². The molecule has 0 atom stereocenters. The number of hydrogen-bond donors (Lipinski definition) is 2. The van der Waals surface area contributed by atoms with Crippen LogP contribution in [0.3, 0.4) is 0 Å². The van der Waals surface area contributed by atoms with E-state index in [0.717, 1.165) is 5.56 Å². The molecule has 0 fully saturated rings. The normalized spacial score (nSPS) is 10.6. The molecule has 0 saturated carbocycles. The van der Waals surface area contributed by atoms with E-state index in [0.29, 0.717) is 32.8 Å². The third-order valence-electron chi connectivity index (χ3n) is 4.35. The first kappa shape index (κ1) is 23.0. The van der Waals surface area contributed by atoms with Gasteiger partial charge in [-0.15, -0.1) is 0 Å². The molecule has 3 aromatic carbocycles. The van der Waals surface area contributed by atoms with Crippen LogP contribution in [0.4, 0.5) is 5.69 Å². The lowest BCUT2D eigenvalue weighted by Crippen LogP contribution is -2.20. The maximum absolute atomic E-state index is 12.2. The minimum Gasteiger partial charge on any atom is -0.493 e. The average Bonchev–Trinajstić information content (AvgIpc) is 2.80. The van der Waals surface area contributed by atoms with Crippen molar-refractivity contribution in [2.45, 2.75) is 6.92 Å². The summed E-state index contributed by atoms with van der Waals surface area (Å²) < 4.78 is 11.6. The molecule has 3 rings (SSSR count). The van der Waals surface area contributed by atoms with Gasteiger partial charge in [-0.25, -0.2) is 5.43 Å². The summed E-state index contributed by atoms with van der Waals surface area (Å²) in [5.41, 5.74) is 5.45. The summed E-state index contributed by atoms with van der Waals surface area (Å²) in [6.45, 7) is 1.79. The zero-order chi connectivity index (χ0) is 22.9. The number of anilines is 1. The fraction of sp³-hybridized carbons (Fsp3) is 0.125. The number of nitrogens with zero attached hydrogens (tertiary/aromatic N) is 1. The molecule has 0 spiro atoms. The molecule has 0 bridgehead atoms. The van der Waals surface area contributed by atoms with Crippen molar-refractivity contribution in [2.75, 3.05) is 19.0 Å². The highest BCUT2D eigenvalue weighted by Crippen LogP contribution is 2.36. The molecule has 0 unspecified atom stereocenters. The van der Waals surface area contributed by atoms with Crippen LogP contribution in [0.15, 0.2) is 76.3 Å². The van der Waals surface area contributed by atoms with E-state index in [2.05, 4.69) is 31.8 Å². The van der Waals surface area contributed by atoms with Crippen LogP contribution < -0.4 is 20.2 Å². The summed E-state index contributed by atoms with van der Waals surface area (Å²) in [4.78, 5) is 24.3. The van der Waals surface area contributed by atoms with Gasteiger partial charge >= 0.3 is 0 Å². The standard InChI is InChI=1S/C24H22BrN3O4/c1-16-8-10-19(11-9-16)27-22(29)15-32-23-20(25)12-17(13-21(23)31-2)14-26-28-24(30)18-6-4-3-5-7-18/h3-14H,15H2,1-2H3,(H,27,29)(H,28,30)/b26-14+. The molecule has 3 aromatic rings. The van der Waals surface area contributed by atoms with Crippen molar-refractivity contribution in [3.05, 3.63) is 87.9 Å². The van der Waals surface area contributed by atoms with Gasteiger partial charge in [0.25, 0.3) is 11.8 Å². The largest absolute Gasteiger partial charge is 0.493 e. The molecule has 7 nitrogen and oxygen atoms in total. The molecule has 0 aliphatic carbocycles. The predicted octanol–water partition coefficient (Wildman–Crippen LogP) is 4.55. The number of aryl methyl sites for hydroxylation is 1. The number of methoxy groups -OCH3 is 1. The molecular formula is C24H22BrN3O4. The number of nitrogens with one attached hydrogen (secondary N) is 2. The topological polar surface area (TPSA) is 89.0 Å². The van der Waals surface area contributed by atoms with Crippen LogP contribution in [0.2, 0.25) is 0 Å². The van der Waals surface area contributed by atoms with Gasteiger partial charge in [0.1, 0.15) is 0 Å². The SMILES string of the molecule is COc1cc(/C=N/NC(=O)c2ccccc2)cc(Br)c1OCC(=O)Nc1ccc(C)cc1. The molecular weight excluding hydrogens is 474 g/mol. The lowest BCUT2D eigenvalue weighted by atomic mass is 10.2. The number of ether oxygens (including phenoxy) is 2. The number of carbonyl (C=O) groups excluding carboxylic acids is 2. The summed E-state index contributed by atoms with van der Waals surface area (Å²) >= 11 is 3.44. The van der Waals surface area contributed by atoms with E-state index in [1.807, 2.05) is 37.3 Å². The van der Waals surface area contributed by atoms with Gasteiger partial charge in [0, 0.05) is 11.3 Å². The number of carbonyl (C=O) groups is 2. The van der Waals surface area contributed by atoms with Crippen LogP contribution in [-0.2, 0) is 4.79 Å². The molecule has 164 valence electrons. The molecule has 2 N–H and O–H groups in total. The van der Waals surface area contributed by atoms with Crippen LogP contribution in [-0.4, -0.2) is 31.7 Å². The van der Waals surface area contributed by atoms with E-state index >= 15 is 0 Å². The van der Waals surface area contributed by atoms with E-state index in [1.165, 1.54) is 13.3 Å². The minimum absolute atomic E-state index is 0.191. The molecule has 0 radical (unpaired) electrons. The van der Waals surface area contributed by atoms with Gasteiger partial charge < -0.3 is 14.8 Å². The van der Waals surface area contributed by atoms with Crippen molar-refractivity contribution in [2.24, 2.45) is 5.10 Å². The first-order valence-electron chi connectivity index (χ1n) is 9.71. The zero-order valence-electron chi connectivity index (χ0n) is 17.6. The Balaban J connectivity index is 1.62. The van der Waals surface area contributed by atoms with Gasteiger partial charge in [0.15, 0.2) is 18.1 Å². The number of benzene rings is 3. The van der Waals surface area contributed by atoms with Crippen LogP contribution >= 0.6 is 15.9 Å². The van der Waals surface area contributed by atoms with Gasteiger partial charge in [0.05, 0.1) is 17.8 Å². The molecule has 0 aliphatic rings. The second kappa shape index (κ2) is 11.1. The zero-order valence-corrected chi connectivity index (χ0v) is 19.2. The molecule has 2 amide bonds. The van der Waals surface area contributed by atoms with Crippen molar-refractivity contribution < 1.29 is 19.1 Å². The van der Waals surface area contributed by atoms with E-state index in [9.17, 15) is 9.59 Å². The van der Waals surface area contributed by atoms with Gasteiger partial charge in [0.2, 0.25) is 0 Å². The summed E-state index contributed by atoms with van der Waals surface area (Å²) in [5.74, 6) is 0.194. The number of hydrazone groups is 1. The fourth-order valence-corrected chi connectivity index (χ4v) is 3.32. The Morgan fingerprint density at radius 2 is 1.78 bits per heavy atom. The highest BCUT2D eigenvalue weighted by atomic mass is 79.9. The summed E-state index contributed by atoms with van der Waals surface area (Å²) in [6, 6.07) is 19.7. The maximum Gasteiger partial charge on any atom is 0.271 e. The second-order valence-electron chi connectivity index (χ2n) is 6.80. The second-order valence-corrected chi connectivity index (χ2v) is 7.66. The van der Waals surface area contributed by atoms with Crippen LogP contribution in [0, 0.1) is 6.92 Å². The monoisotopic (exact) mass is 495 g/mol. The summed E-state index contributed by atoms with van der Waals surface area (Å²) in [7, 11) is 1.50. The highest BCUT2D eigenvalue weighted by Gasteiger charge is 2.13. The highest BCUT2D eigenvalue weighted by molar-refractivity contribution is 9.10. The van der Waals surface area contributed by atoms with Crippen molar-refractivity contribution in [3.8, 4) is 11.5 Å². The van der Waals surface area contributed by atoms with Gasteiger partial charge in [-0.1, -0.05) is 35.9 Å². The maximum atomic E-state index is 12.2. The van der Waals surface area contributed by atoms with E-state index in [4.69, 9.17) is 9.47 Å². The third kappa shape index (κ3) is 6.42. The first-order chi connectivity index (χ1) is 15.5. The smallest absolute Gasteiger partial charge is 0.271 e. The molecule has 0 aromatic heterocycles. The number of hydrogen-bond acceptors (Lipinski definition) is 5. The Bertz CT molecular complexity index is 1120. The quantitative estimate of drug-likeness (QED) is 0.354. The minimum atomic E-state index is -0.313. The third-order valence-corrected chi connectivity index (χ3v) is 4.94. The lowest BCUT2D eigenvalue weighted by molar-refractivity contribution is -0.118. The van der Waals surface area contributed by atoms with Crippen LogP contribution in [0.5, 0.6) is 11.5 Å². The molecule has 32 heavy (non-hydrogen) atoms. The summed E-state index contributed by atoms with van der Waals surface area (Å²) in [5, 5.41) is 6.76. The number of rotatable bonds is 8. The van der Waals surface area contributed by atoms with Crippen LogP contribution in [0.25, 0.3) is 0 Å². The van der Waals surface area contributed by atoms with E-state index in [-0.39, 0.29) is 18.4 Å². The Labute approximate surface area is 194 Å². The number of amides is 2. The van der Waals surface area contributed by atoms with Crippen LogP contribution in [0.1, 0.15) is 21.5 Å². The van der Waals surface area contributed by atoms with Crippen molar-refractivity contribution >= 4 is 39.6 Å². The van der Waals surface area contributed by atoms with E-state index in [1.54, 1.807) is 36.4 Å². The Morgan fingerprint density at radius 3 is 2.47 bits per heavy atom. The Morgan fingerprint density at radius 1 is 1.06 bits per heavy atom. The Kier molecular flexibility index (Phi) is 7.99. The predicted molar refractivity (Wildman–Crippen MR) is 127 cm³/mol. The average molecular weight is 496 g/mol. The molecule has 0 aliphatic heterocycles. The molecule has 8 heteroatoms.